The monoisotopic (exact) mass is 450 g/mol. The van der Waals surface area contributed by atoms with Gasteiger partial charge in [0.15, 0.2) is 6.10 Å². The second-order valence-electron chi connectivity index (χ2n) is 8.22. The van der Waals surface area contributed by atoms with Crippen LogP contribution >= 0.6 is 0 Å². The maximum Gasteiger partial charge on any atom is 0.345 e. The lowest BCUT2D eigenvalue weighted by Gasteiger charge is -2.16. The smallest absolute Gasteiger partial charge is 0.345 e. The quantitative estimate of drug-likeness (QED) is 0.433. The average molecular weight is 451 g/mol. The van der Waals surface area contributed by atoms with Crippen LogP contribution in [0.3, 0.4) is 0 Å². The molecule has 1 atom stereocenters. The van der Waals surface area contributed by atoms with E-state index in [-0.39, 0.29) is 11.7 Å². The van der Waals surface area contributed by atoms with E-state index < -0.39 is 11.8 Å². The summed E-state index contributed by atoms with van der Waals surface area (Å²) < 4.78 is 5.76. The van der Waals surface area contributed by atoms with E-state index in [4.69, 9.17) is 4.74 Å². The number of phenols is 1. The molecule has 3 N–H and O–H groups in total. The zero-order valence-electron chi connectivity index (χ0n) is 19.4. The lowest BCUT2D eigenvalue weighted by Crippen LogP contribution is -2.37. The summed E-state index contributed by atoms with van der Waals surface area (Å²) in [7, 11) is 3.99. The van der Waals surface area contributed by atoms with Crippen molar-refractivity contribution < 1.29 is 14.6 Å². The van der Waals surface area contributed by atoms with Gasteiger partial charge < -0.3 is 25.0 Å². The molecule has 1 unspecified atom stereocenters. The topological polar surface area (TPSA) is 108 Å². The fourth-order valence-corrected chi connectivity index (χ4v) is 3.30. The van der Waals surface area contributed by atoms with Gasteiger partial charge in [-0.3, -0.25) is 4.79 Å². The molecule has 0 fully saturated rings. The third-order valence-electron chi connectivity index (χ3n) is 5.17. The first-order valence-electron chi connectivity index (χ1n) is 10.8. The highest BCUT2D eigenvalue weighted by Crippen LogP contribution is 2.27. The molecule has 1 heterocycles. The largest absolute Gasteiger partial charge is 0.508 e. The van der Waals surface area contributed by atoms with Crippen LogP contribution in [0.5, 0.6) is 11.5 Å². The number of nitrogens with zero attached hydrogens (tertiary/aromatic N) is 2. The summed E-state index contributed by atoms with van der Waals surface area (Å²) in [6, 6.07) is 14.0. The number of hydrogen-bond donors (Lipinski definition) is 3. The summed E-state index contributed by atoms with van der Waals surface area (Å²) in [5, 5.41) is 12.6. The molecular formula is C25H30N4O4. The number of carbonyl (C=O) groups is 1. The van der Waals surface area contributed by atoms with Crippen LogP contribution in [0.1, 0.15) is 18.9 Å². The third kappa shape index (κ3) is 6.66. The Balaban J connectivity index is 1.68. The van der Waals surface area contributed by atoms with Gasteiger partial charge in [-0.25, -0.2) is 4.79 Å². The number of aromatic amines is 1. The summed E-state index contributed by atoms with van der Waals surface area (Å²) in [6.07, 6.45) is 0.246. The molecule has 0 spiro atoms. The molecule has 8 nitrogen and oxygen atoms in total. The standard InChI is InChI=1S/C25H30N4O4/c1-16-14-19(8-11-23(16)30)22-15-21(27-25(32)28-22)18-6-9-20(10-7-18)33-17(2)24(31)26-12-5-13-29(3)4/h6-11,14-15,17,30H,5,12-13H2,1-4H3,(H,26,31)(H,27,28,32). The Hall–Kier alpha value is -3.65. The van der Waals surface area contributed by atoms with Crippen LogP contribution in [0.2, 0.25) is 0 Å². The normalized spacial score (nSPS) is 11.9. The molecule has 3 aromatic rings. The third-order valence-corrected chi connectivity index (χ3v) is 5.17. The van der Waals surface area contributed by atoms with Crippen LogP contribution in [0, 0.1) is 6.92 Å². The lowest BCUT2D eigenvalue weighted by atomic mass is 10.1. The molecule has 1 amide bonds. The van der Waals surface area contributed by atoms with E-state index in [1.165, 1.54) is 0 Å². The predicted molar refractivity (Wildman–Crippen MR) is 128 cm³/mol. The number of benzene rings is 2. The number of carbonyl (C=O) groups excluding carboxylic acids is 1. The zero-order valence-corrected chi connectivity index (χ0v) is 19.4. The lowest BCUT2D eigenvalue weighted by molar-refractivity contribution is -0.127. The fraction of sp³-hybridized carbons (Fsp3) is 0.320. The molecule has 0 radical (unpaired) electrons. The molecule has 0 saturated heterocycles. The minimum atomic E-state index is -0.625. The number of phenolic OH excluding ortho intramolecular Hbond substituents is 1. The number of H-pyrrole nitrogens is 1. The van der Waals surface area contributed by atoms with Crippen molar-refractivity contribution >= 4 is 5.91 Å². The van der Waals surface area contributed by atoms with E-state index >= 15 is 0 Å². The molecule has 2 aromatic carbocycles. The zero-order chi connectivity index (χ0) is 24.0. The Morgan fingerprint density at radius 3 is 2.52 bits per heavy atom. The van der Waals surface area contributed by atoms with Gasteiger partial charge in [-0.1, -0.05) is 0 Å². The first-order valence-corrected chi connectivity index (χ1v) is 10.8. The van der Waals surface area contributed by atoms with Crippen LogP contribution in [0.25, 0.3) is 22.5 Å². The van der Waals surface area contributed by atoms with Crippen molar-refractivity contribution in [2.24, 2.45) is 0 Å². The summed E-state index contributed by atoms with van der Waals surface area (Å²) in [5.41, 5.74) is 2.87. The van der Waals surface area contributed by atoms with E-state index in [1.54, 1.807) is 50.2 Å². The molecule has 0 saturated carbocycles. The van der Waals surface area contributed by atoms with E-state index in [2.05, 4.69) is 20.2 Å². The fourth-order valence-electron chi connectivity index (χ4n) is 3.30. The van der Waals surface area contributed by atoms with Crippen molar-refractivity contribution in [3.05, 3.63) is 64.6 Å². The second kappa shape index (κ2) is 10.8. The molecule has 0 aliphatic rings. The van der Waals surface area contributed by atoms with E-state index in [1.807, 2.05) is 26.2 Å². The van der Waals surface area contributed by atoms with Crippen LogP contribution in [-0.4, -0.2) is 59.2 Å². The highest BCUT2D eigenvalue weighted by Gasteiger charge is 2.14. The molecule has 0 aliphatic heterocycles. The van der Waals surface area contributed by atoms with Gasteiger partial charge in [0.05, 0.1) is 11.4 Å². The Bertz CT molecular complexity index is 1160. The Morgan fingerprint density at radius 1 is 1.15 bits per heavy atom. The summed E-state index contributed by atoms with van der Waals surface area (Å²) in [4.78, 5) is 33.2. The van der Waals surface area contributed by atoms with Gasteiger partial charge in [-0.2, -0.15) is 4.98 Å². The van der Waals surface area contributed by atoms with Crippen LogP contribution in [-0.2, 0) is 4.79 Å². The molecule has 3 rings (SSSR count). The predicted octanol–water partition coefficient (Wildman–Crippen LogP) is 2.95. The summed E-state index contributed by atoms with van der Waals surface area (Å²) in [5.74, 6) is 0.585. The van der Waals surface area contributed by atoms with Gasteiger partial charge in [-0.05, 0) is 101 Å². The van der Waals surface area contributed by atoms with Crippen molar-refractivity contribution in [3.8, 4) is 34.0 Å². The van der Waals surface area contributed by atoms with Crippen LogP contribution < -0.4 is 15.7 Å². The minimum Gasteiger partial charge on any atom is -0.508 e. The molecule has 8 heteroatoms. The molecule has 1 aromatic heterocycles. The van der Waals surface area contributed by atoms with Crippen molar-refractivity contribution in [3.63, 3.8) is 0 Å². The number of hydrogen-bond acceptors (Lipinski definition) is 6. The van der Waals surface area contributed by atoms with E-state index in [0.29, 0.717) is 29.2 Å². The first-order chi connectivity index (χ1) is 15.7. The van der Waals surface area contributed by atoms with Gasteiger partial charge in [0.25, 0.3) is 5.91 Å². The number of amides is 1. The van der Waals surface area contributed by atoms with Crippen LogP contribution in [0.15, 0.2) is 53.3 Å². The van der Waals surface area contributed by atoms with E-state index in [9.17, 15) is 14.7 Å². The number of aryl methyl sites for hydroxylation is 1. The SMILES string of the molecule is Cc1cc(-c2cc(-c3ccc(OC(C)C(=O)NCCCN(C)C)cc3)[nH]c(=O)n2)ccc1O. The highest BCUT2D eigenvalue weighted by molar-refractivity contribution is 5.80. The molecular weight excluding hydrogens is 420 g/mol. The maximum atomic E-state index is 12.2. The Labute approximate surface area is 193 Å². The number of aromatic hydroxyl groups is 1. The van der Waals surface area contributed by atoms with Gasteiger partial charge in [-0.15, -0.1) is 0 Å². The number of nitrogens with one attached hydrogen (secondary N) is 2. The van der Waals surface area contributed by atoms with Crippen molar-refractivity contribution in [2.45, 2.75) is 26.4 Å². The van der Waals surface area contributed by atoms with Crippen molar-refractivity contribution in [1.29, 1.82) is 0 Å². The highest BCUT2D eigenvalue weighted by atomic mass is 16.5. The van der Waals surface area contributed by atoms with Gasteiger partial charge >= 0.3 is 5.69 Å². The minimum absolute atomic E-state index is 0.162. The van der Waals surface area contributed by atoms with E-state index in [0.717, 1.165) is 24.1 Å². The van der Waals surface area contributed by atoms with Gasteiger partial charge in [0, 0.05) is 12.1 Å². The molecule has 0 bridgehead atoms. The number of rotatable bonds is 9. The number of aromatic nitrogens is 2. The summed E-state index contributed by atoms with van der Waals surface area (Å²) in [6.45, 7) is 5.00. The van der Waals surface area contributed by atoms with Crippen molar-refractivity contribution in [1.82, 2.24) is 20.2 Å². The second-order valence-corrected chi connectivity index (χ2v) is 8.22. The van der Waals surface area contributed by atoms with Crippen molar-refractivity contribution in [2.75, 3.05) is 27.2 Å². The van der Waals surface area contributed by atoms with Gasteiger partial charge in [0.1, 0.15) is 11.5 Å². The molecule has 33 heavy (non-hydrogen) atoms. The van der Waals surface area contributed by atoms with Crippen LogP contribution in [0.4, 0.5) is 0 Å². The number of ether oxygens (including phenoxy) is 1. The Morgan fingerprint density at radius 2 is 1.85 bits per heavy atom. The Kier molecular flexibility index (Phi) is 7.84. The summed E-state index contributed by atoms with van der Waals surface area (Å²) >= 11 is 0. The first kappa shape index (κ1) is 24.0. The maximum absolute atomic E-state index is 12.2. The van der Waals surface area contributed by atoms with Gasteiger partial charge in [0.2, 0.25) is 0 Å². The average Bonchev–Trinajstić information content (AvgIpc) is 2.78. The molecule has 0 aliphatic carbocycles. The molecule has 174 valence electrons.